The summed E-state index contributed by atoms with van der Waals surface area (Å²) in [6, 6.07) is 23.8. The Balaban J connectivity index is 1.76. The first kappa shape index (κ1) is 22.7. The van der Waals surface area contributed by atoms with Gasteiger partial charge in [0, 0.05) is 30.1 Å². The smallest absolute Gasteiger partial charge is 0.266 e. The molecule has 0 saturated carbocycles. The lowest BCUT2D eigenvalue weighted by molar-refractivity contribution is 0.0951. The Morgan fingerprint density at radius 3 is 2.21 bits per heavy atom. The maximum atomic E-state index is 14.0. The van der Waals surface area contributed by atoms with E-state index in [1.54, 1.807) is 66.0 Å². The van der Waals surface area contributed by atoms with Gasteiger partial charge in [-0.15, -0.1) is 11.3 Å². The summed E-state index contributed by atoms with van der Waals surface area (Å²) < 4.78 is 42.6. The van der Waals surface area contributed by atoms with Crippen LogP contribution in [0.15, 0.2) is 95.2 Å². The normalized spacial score (nSPS) is 11.2. The number of nitrogens with zero attached hydrogens (tertiary/aromatic N) is 1. The first-order valence-corrected chi connectivity index (χ1v) is 12.4. The Morgan fingerprint density at radius 1 is 0.939 bits per heavy atom. The van der Waals surface area contributed by atoms with Crippen LogP contribution in [-0.2, 0) is 16.6 Å². The number of thiophene rings is 1. The third-order valence-electron chi connectivity index (χ3n) is 5.17. The Bertz CT molecular complexity index is 1370. The zero-order valence-electron chi connectivity index (χ0n) is 17.7. The largest absolute Gasteiger partial charge is 0.347 e. The second-order valence-electron chi connectivity index (χ2n) is 7.26. The van der Waals surface area contributed by atoms with Crippen LogP contribution < -0.4 is 9.62 Å². The quantitative estimate of drug-likeness (QED) is 0.390. The minimum atomic E-state index is -4.09. The number of amides is 1. The third kappa shape index (κ3) is 4.67. The van der Waals surface area contributed by atoms with Gasteiger partial charge >= 0.3 is 0 Å². The van der Waals surface area contributed by atoms with Crippen LogP contribution in [0.4, 0.5) is 10.1 Å². The molecule has 0 aliphatic rings. The molecule has 1 aromatic heterocycles. The van der Waals surface area contributed by atoms with Crippen LogP contribution in [0.1, 0.15) is 15.2 Å². The lowest BCUT2D eigenvalue weighted by Crippen LogP contribution is -2.30. The predicted molar refractivity (Wildman–Crippen MR) is 129 cm³/mol. The van der Waals surface area contributed by atoms with Gasteiger partial charge in [-0.1, -0.05) is 66.7 Å². The van der Waals surface area contributed by atoms with Crippen molar-refractivity contribution in [1.82, 2.24) is 5.32 Å². The summed E-state index contributed by atoms with van der Waals surface area (Å²) in [6.07, 6.45) is 0. The molecule has 1 amide bonds. The number of sulfonamides is 1. The number of carbonyl (C=O) groups excluding carboxylic acids is 1. The predicted octanol–water partition coefficient (Wildman–Crippen LogP) is 5.31. The first-order chi connectivity index (χ1) is 15.9. The molecule has 0 fully saturated rings. The van der Waals surface area contributed by atoms with Crippen molar-refractivity contribution in [3.63, 3.8) is 0 Å². The Hall–Kier alpha value is -3.49. The first-order valence-electron chi connectivity index (χ1n) is 10.1. The van der Waals surface area contributed by atoms with Gasteiger partial charge < -0.3 is 5.32 Å². The van der Waals surface area contributed by atoms with Crippen LogP contribution in [-0.4, -0.2) is 21.4 Å². The maximum Gasteiger partial charge on any atom is 0.266 e. The molecule has 0 unspecified atom stereocenters. The van der Waals surface area contributed by atoms with E-state index in [1.165, 1.54) is 13.1 Å². The summed E-state index contributed by atoms with van der Waals surface area (Å²) in [6.45, 7) is -0.0575. The van der Waals surface area contributed by atoms with Gasteiger partial charge in [0.05, 0.1) is 5.69 Å². The van der Waals surface area contributed by atoms with Crippen molar-refractivity contribution in [2.45, 2.75) is 11.4 Å². The lowest BCUT2D eigenvalue weighted by atomic mass is 10.1. The highest BCUT2D eigenvalue weighted by atomic mass is 32.2. The molecule has 4 rings (SSSR count). The SMILES string of the molecule is CN(c1ccccc1)S(=O)(=O)c1c(-c2ccccc2)csc1C(=O)NCc1ccccc1F. The fourth-order valence-corrected chi connectivity index (χ4v) is 6.26. The molecule has 0 aliphatic carbocycles. The van der Waals surface area contributed by atoms with E-state index in [0.717, 1.165) is 15.6 Å². The summed E-state index contributed by atoms with van der Waals surface area (Å²) in [4.78, 5) is 13.1. The molecule has 0 saturated heterocycles. The van der Waals surface area contributed by atoms with Gasteiger partial charge in [0.2, 0.25) is 0 Å². The molecule has 4 aromatic rings. The number of halogens is 1. The lowest BCUT2D eigenvalue weighted by Gasteiger charge is -2.21. The minimum absolute atomic E-state index is 0.0490. The Labute approximate surface area is 196 Å². The summed E-state index contributed by atoms with van der Waals surface area (Å²) in [5.74, 6) is -1.02. The van der Waals surface area contributed by atoms with Crippen LogP contribution in [0.25, 0.3) is 11.1 Å². The van der Waals surface area contributed by atoms with Gasteiger partial charge in [0.25, 0.3) is 15.9 Å². The second-order valence-corrected chi connectivity index (χ2v) is 10.0. The van der Waals surface area contributed by atoms with Gasteiger partial charge in [-0.25, -0.2) is 12.8 Å². The van der Waals surface area contributed by atoms with E-state index in [1.807, 2.05) is 18.2 Å². The number of hydrogen-bond donors (Lipinski definition) is 1. The molecular formula is C25H21FN2O3S2. The van der Waals surface area contributed by atoms with Gasteiger partial charge in [-0.05, 0) is 23.8 Å². The van der Waals surface area contributed by atoms with Crippen LogP contribution in [0.5, 0.6) is 0 Å². The fourth-order valence-electron chi connectivity index (χ4n) is 3.39. The standard InChI is InChI=1S/C25H21FN2O3S2/c1-28(20-13-6-3-7-14-20)33(30,31)24-21(18-10-4-2-5-11-18)17-32-23(24)25(29)27-16-19-12-8-9-15-22(19)26/h2-15,17H,16H2,1H3,(H,27,29). The molecule has 5 nitrogen and oxygen atoms in total. The number of nitrogens with one attached hydrogen (secondary N) is 1. The molecule has 1 N–H and O–H groups in total. The van der Waals surface area contributed by atoms with Gasteiger partial charge in [-0.3, -0.25) is 9.10 Å². The average molecular weight is 481 g/mol. The molecular weight excluding hydrogens is 459 g/mol. The van der Waals surface area contributed by atoms with Crippen molar-refractivity contribution >= 4 is 33.0 Å². The number of benzene rings is 3. The minimum Gasteiger partial charge on any atom is -0.347 e. The maximum absolute atomic E-state index is 14.0. The Kier molecular flexibility index (Phi) is 6.57. The molecule has 33 heavy (non-hydrogen) atoms. The molecule has 0 bridgehead atoms. The van der Waals surface area contributed by atoms with E-state index in [0.29, 0.717) is 22.4 Å². The van der Waals surface area contributed by atoms with Gasteiger partial charge in [0.1, 0.15) is 15.6 Å². The summed E-state index contributed by atoms with van der Waals surface area (Å²) in [5.41, 5.74) is 1.92. The van der Waals surface area contributed by atoms with Crippen molar-refractivity contribution < 1.29 is 17.6 Å². The van der Waals surface area contributed by atoms with E-state index in [4.69, 9.17) is 0 Å². The van der Waals surface area contributed by atoms with E-state index in [2.05, 4.69) is 5.32 Å². The monoisotopic (exact) mass is 480 g/mol. The fraction of sp³-hybridized carbons (Fsp3) is 0.0800. The molecule has 0 atom stereocenters. The Morgan fingerprint density at radius 2 is 1.55 bits per heavy atom. The van der Waals surface area contributed by atoms with Crippen molar-refractivity contribution in [2.24, 2.45) is 0 Å². The average Bonchev–Trinajstić information content (AvgIpc) is 3.30. The van der Waals surface area contributed by atoms with Crippen molar-refractivity contribution in [1.29, 1.82) is 0 Å². The molecule has 0 aliphatic heterocycles. The summed E-state index contributed by atoms with van der Waals surface area (Å²) >= 11 is 1.05. The van der Waals surface area contributed by atoms with Crippen molar-refractivity contribution in [2.75, 3.05) is 11.4 Å². The highest BCUT2D eigenvalue weighted by molar-refractivity contribution is 7.93. The molecule has 8 heteroatoms. The van der Waals surface area contributed by atoms with E-state index in [9.17, 15) is 17.6 Å². The highest BCUT2D eigenvalue weighted by Crippen LogP contribution is 2.37. The van der Waals surface area contributed by atoms with E-state index < -0.39 is 21.7 Å². The molecule has 0 radical (unpaired) electrons. The van der Waals surface area contributed by atoms with Crippen molar-refractivity contribution in [3.8, 4) is 11.1 Å². The zero-order chi connectivity index (χ0) is 23.4. The van der Waals surface area contributed by atoms with Crippen LogP contribution in [0.3, 0.4) is 0 Å². The highest BCUT2D eigenvalue weighted by Gasteiger charge is 2.32. The summed E-state index contributed by atoms with van der Waals surface area (Å²) in [7, 11) is -2.63. The van der Waals surface area contributed by atoms with E-state index in [-0.39, 0.29) is 16.3 Å². The number of hydrogen-bond acceptors (Lipinski definition) is 4. The van der Waals surface area contributed by atoms with Gasteiger partial charge in [-0.2, -0.15) is 0 Å². The number of carbonyl (C=O) groups is 1. The van der Waals surface area contributed by atoms with Crippen LogP contribution >= 0.6 is 11.3 Å². The molecule has 0 spiro atoms. The van der Waals surface area contributed by atoms with Gasteiger partial charge in [0.15, 0.2) is 0 Å². The van der Waals surface area contributed by atoms with Crippen molar-refractivity contribution in [3.05, 3.63) is 107 Å². The molecule has 1 heterocycles. The zero-order valence-corrected chi connectivity index (χ0v) is 19.4. The summed E-state index contributed by atoms with van der Waals surface area (Å²) in [5, 5.41) is 4.33. The topological polar surface area (TPSA) is 66.5 Å². The second kappa shape index (κ2) is 9.56. The molecule has 168 valence electrons. The number of para-hydroxylation sites is 1. The molecule has 3 aromatic carbocycles. The van der Waals surface area contributed by atoms with Crippen LogP contribution in [0, 0.1) is 5.82 Å². The van der Waals surface area contributed by atoms with Crippen LogP contribution in [0.2, 0.25) is 0 Å². The van der Waals surface area contributed by atoms with E-state index >= 15 is 0 Å². The third-order valence-corrected chi connectivity index (χ3v) is 8.15. The number of anilines is 1. The number of rotatable bonds is 7.